The van der Waals surface area contributed by atoms with Crippen molar-refractivity contribution in [3.63, 3.8) is 0 Å². The molecule has 33 heavy (non-hydrogen) atoms. The number of fused-ring (bicyclic) bond motifs is 1. The summed E-state index contributed by atoms with van der Waals surface area (Å²) in [6, 6.07) is 14.6. The van der Waals surface area contributed by atoms with E-state index in [2.05, 4.69) is 60.0 Å². The number of nitrogens with zero attached hydrogens (tertiary/aromatic N) is 3. The summed E-state index contributed by atoms with van der Waals surface area (Å²) in [7, 11) is 7.40. The van der Waals surface area contributed by atoms with E-state index in [9.17, 15) is 9.59 Å². The smallest absolute Gasteiger partial charge is 0.319 e. The molecule has 1 heterocycles. The molecule has 1 fully saturated rings. The first kappa shape index (κ1) is 24.3. The van der Waals surface area contributed by atoms with Gasteiger partial charge in [0, 0.05) is 26.8 Å². The fraction of sp³-hybridized carbons (Fsp3) is 0.385. The number of esters is 1. The van der Waals surface area contributed by atoms with Crippen LogP contribution in [0.2, 0.25) is 0 Å². The number of methoxy groups -OCH3 is 1. The molecule has 176 valence electrons. The van der Waals surface area contributed by atoms with E-state index in [4.69, 9.17) is 5.73 Å². The quantitative estimate of drug-likeness (QED) is 0.716. The van der Waals surface area contributed by atoms with E-state index in [-0.39, 0.29) is 18.4 Å². The molecule has 1 amide bonds. The number of aryl methyl sites for hydroxylation is 1. The van der Waals surface area contributed by atoms with Crippen molar-refractivity contribution in [1.82, 2.24) is 4.90 Å². The van der Waals surface area contributed by atoms with Crippen molar-refractivity contribution in [2.75, 3.05) is 44.6 Å². The van der Waals surface area contributed by atoms with Gasteiger partial charge in [0.25, 0.3) is 5.91 Å². The van der Waals surface area contributed by atoms with E-state index in [1.165, 1.54) is 30.2 Å². The molecule has 7 nitrogen and oxygen atoms in total. The lowest BCUT2D eigenvalue weighted by Crippen LogP contribution is -2.44. The van der Waals surface area contributed by atoms with Crippen molar-refractivity contribution < 1.29 is 14.3 Å². The number of benzene rings is 2. The Morgan fingerprint density at radius 1 is 1.15 bits per heavy atom. The number of allylic oxidation sites excluding steroid dienone is 1. The van der Waals surface area contributed by atoms with Gasteiger partial charge in [0.1, 0.15) is 5.82 Å². The maximum atomic E-state index is 13.5. The number of amides is 1. The minimum Gasteiger partial charge on any atom is -0.468 e. The summed E-state index contributed by atoms with van der Waals surface area (Å²) < 4.78 is 4.14. The average molecular weight is 451 g/mol. The van der Waals surface area contributed by atoms with Crippen molar-refractivity contribution >= 4 is 23.3 Å². The summed E-state index contributed by atoms with van der Waals surface area (Å²) in [5.74, 6) is 0.801. The topological polar surface area (TPSA) is 79.1 Å². The zero-order chi connectivity index (χ0) is 24.1. The fourth-order valence-corrected chi connectivity index (χ4v) is 4.03. The Balaban J connectivity index is 0.000000454. The molecule has 7 heteroatoms. The Labute approximate surface area is 196 Å². The lowest BCUT2D eigenvalue weighted by molar-refractivity contribution is -0.138. The molecular weight excluding hydrogens is 416 g/mol. The first-order chi connectivity index (χ1) is 15.8. The number of rotatable bonds is 4. The Morgan fingerprint density at radius 3 is 2.39 bits per heavy atom. The van der Waals surface area contributed by atoms with Crippen LogP contribution >= 0.6 is 0 Å². The Bertz CT molecular complexity index is 1050. The van der Waals surface area contributed by atoms with Gasteiger partial charge in [0.15, 0.2) is 0 Å². The van der Waals surface area contributed by atoms with Gasteiger partial charge in [-0.2, -0.15) is 0 Å². The maximum Gasteiger partial charge on any atom is 0.319 e. The summed E-state index contributed by atoms with van der Waals surface area (Å²) in [6.45, 7) is 2.67. The molecule has 0 radical (unpaired) electrons. The summed E-state index contributed by atoms with van der Waals surface area (Å²) in [6.07, 6.45) is 3.39. The molecule has 4 rings (SSSR count). The van der Waals surface area contributed by atoms with E-state index < -0.39 is 0 Å². The van der Waals surface area contributed by atoms with Crippen LogP contribution in [0.4, 0.5) is 11.4 Å². The van der Waals surface area contributed by atoms with Gasteiger partial charge in [-0.3, -0.25) is 14.5 Å². The molecule has 0 aromatic heterocycles. The second kappa shape index (κ2) is 10.5. The summed E-state index contributed by atoms with van der Waals surface area (Å²) >= 11 is 0. The highest BCUT2D eigenvalue weighted by atomic mass is 16.5. The summed E-state index contributed by atoms with van der Waals surface area (Å²) in [4.78, 5) is 29.6. The lowest BCUT2D eigenvalue weighted by atomic mass is 9.90. The number of ether oxygens (including phenoxy) is 1. The molecule has 0 saturated heterocycles. The SMILES string of the molecule is COC(=O)CN.Cc1cccc(CN2C(=O)c3cc(N(C)C)ccc3N(C)C2=C2CCC2)c1. The Morgan fingerprint density at radius 2 is 1.88 bits per heavy atom. The molecule has 2 aromatic rings. The van der Waals surface area contributed by atoms with Gasteiger partial charge in [-0.1, -0.05) is 29.8 Å². The van der Waals surface area contributed by atoms with Gasteiger partial charge in [-0.05, 0) is 55.5 Å². The molecule has 0 unspecified atom stereocenters. The van der Waals surface area contributed by atoms with Gasteiger partial charge in [0.2, 0.25) is 0 Å². The third kappa shape index (κ3) is 5.37. The van der Waals surface area contributed by atoms with E-state index in [0.717, 1.165) is 35.6 Å². The van der Waals surface area contributed by atoms with Crippen LogP contribution < -0.4 is 15.5 Å². The number of carbonyl (C=O) groups excluding carboxylic acids is 2. The predicted molar refractivity (Wildman–Crippen MR) is 132 cm³/mol. The summed E-state index contributed by atoms with van der Waals surface area (Å²) in [5, 5.41) is 0. The second-order valence-electron chi connectivity index (χ2n) is 8.60. The third-order valence-electron chi connectivity index (χ3n) is 6.00. The number of carbonyl (C=O) groups is 2. The first-order valence-corrected chi connectivity index (χ1v) is 11.2. The minimum atomic E-state index is -0.380. The highest BCUT2D eigenvalue weighted by molar-refractivity contribution is 6.04. The number of hydrogen-bond acceptors (Lipinski definition) is 6. The van der Waals surface area contributed by atoms with Gasteiger partial charge in [-0.15, -0.1) is 0 Å². The molecule has 2 N–H and O–H groups in total. The van der Waals surface area contributed by atoms with Crippen LogP contribution in [0, 0.1) is 6.92 Å². The lowest BCUT2D eigenvalue weighted by Gasteiger charge is -2.42. The van der Waals surface area contributed by atoms with Crippen molar-refractivity contribution in [3.8, 4) is 0 Å². The monoisotopic (exact) mass is 450 g/mol. The van der Waals surface area contributed by atoms with E-state index in [1.807, 2.05) is 30.0 Å². The zero-order valence-electron chi connectivity index (χ0n) is 20.2. The molecular formula is C26H34N4O3. The highest BCUT2D eigenvalue weighted by Gasteiger charge is 2.35. The van der Waals surface area contributed by atoms with Crippen LogP contribution in [-0.4, -0.2) is 51.6 Å². The predicted octanol–water partition coefficient (Wildman–Crippen LogP) is 3.67. The number of nitrogens with two attached hydrogens (primary N) is 1. The van der Waals surface area contributed by atoms with E-state index in [1.54, 1.807) is 0 Å². The number of anilines is 2. The largest absolute Gasteiger partial charge is 0.468 e. The van der Waals surface area contributed by atoms with Crippen LogP contribution in [0.5, 0.6) is 0 Å². The Hall–Kier alpha value is -3.32. The van der Waals surface area contributed by atoms with Crippen LogP contribution in [-0.2, 0) is 16.1 Å². The van der Waals surface area contributed by atoms with Gasteiger partial charge in [-0.25, -0.2) is 0 Å². The van der Waals surface area contributed by atoms with Crippen molar-refractivity contribution in [1.29, 1.82) is 0 Å². The van der Waals surface area contributed by atoms with Crippen LogP contribution in [0.1, 0.15) is 40.7 Å². The minimum absolute atomic E-state index is 0.0312. The van der Waals surface area contributed by atoms with Crippen molar-refractivity contribution in [3.05, 3.63) is 70.5 Å². The summed E-state index contributed by atoms with van der Waals surface area (Å²) in [5.41, 5.74) is 11.4. The fourth-order valence-electron chi connectivity index (χ4n) is 4.03. The van der Waals surface area contributed by atoms with Crippen LogP contribution in [0.25, 0.3) is 0 Å². The zero-order valence-corrected chi connectivity index (χ0v) is 20.2. The molecule has 0 bridgehead atoms. The van der Waals surface area contributed by atoms with Crippen LogP contribution in [0.3, 0.4) is 0 Å². The third-order valence-corrected chi connectivity index (χ3v) is 6.00. The normalized spacial score (nSPS) is 14.8. The average Bonchev–Trinajstić information content (AvgIpc) is 2.77. The van der Waals surface area contributed by atoms with Crippen molar-refractivity contribution in [2.45, 2.75) is 32.7 Å². The molecule has 0 atom stereocenters. The molecule has 2 aromatic carbocycles. The van der Waals surface area contributed by atoms with Crippen LogP contribution in [0.15, 0.2) is 53.9 Å². The molecule has 2 aliphatic rings. The van der Waals surface area contributed by atoms with Gasteiger partial charge >= 0.3 is 5.97 Å². The van der Waals surface area contributed by atoms with Crippen molar-refractivity contribution in [2.24, 2.45) is 5.73 Å². The standard InChI is InChI=1S/C23H27N3O.C3H7NO2/c1-16-7-5-8-17(13-16)15-26-22(18-9-6-10-18)25(4)21-12-11-19(24(2)3)14-20(21)23(26)27;1-6-3(5)2-4/h5,7-8,11-14H,6,9-10,15H2,1-4H3;2,4H2,1H3. The first-order valence-electron chi connectivity index (χ1n) is 11.2. The van der Waals surface area contributed by atoms with E-state index >= 15 is 0 Å². The molecule has 1 aliphatic heterocycles. The Kier molecular flexibility index (Phi) is 7.76. The molecule has 1 saturated carbocycles. The molecule has 0 spiro atoms. The second-order valence-corrected chi connectivity index (χ2v) is 8.60. The van der Waals surface area contributed by atoms with Gasteiger partial charge in [0.05, 0.1) is 31.5 Å². The van der Waals surface area contributed by atoms with E-state index in [0.29, 0.717) is 6.54 Å². The highest BCUT2D eigenvalue weighted by Crippen LogP contribution is 2.40. The molecule has 1 aliphatic carbocycles. The maximum absolute atomic E-state index is 13.5. The van der Waals surface area contributed by atoms with Gasteiger partial charge < -0.3 is 20.3 Å². The number of hydrogen-bond donors (Lipinski definition) is 1.